The maximum absolute atomic E-state index is 12.8. The SMILES string of the molecule is CC(=O)NCCCC[C@H](N)C(=O)N1CCC2(CC1)C[C@@](C)(O)[C@H](n1ccc(N)nc1=O)CO2. The number of ether oxygens (including phenoxy) is 1. The fourth-order valence-electron chi connectivity index (χ4n) is 4.87. The molecule has 184 valence electrons. The number of nitrogens with one attached hydrogen (secondary N) is 1. The molecule has 2 amide bonds. The number of rotatable bonds is 7. The summed E-state index contributed by atoms with van der Waals surface area (Å²) in [7, 11) is 0. The molecule has 11 heteroatoms. The van der Waals surface area contributed by atoms with Crippen molar-refractivity contribution < 1.29 is 19.4 Å². The number of aromatic nitrogens is 2. The molecule has 1 spiro atoms. The van der Waals surface area contributed by atoms with E-state index < -0.39 is 29.0 Å². The zero-order valence-electron chi connectivity index (χ0n) is 19.5. The first-order valence-electron chi connectivity index (χ1n) is 11.5. The van der Waals surface area contributed by atoms with Crippen molar-refractivity contribution >= 4 is 17.6 Å². The lowest BCUT2D eigenvalue weighted by molar-refractivity contribution is -0.198. The van der Waals surface area contributed by atoms with E-state index >= 15 is 0 Å². The summed E-state index contributed by atoms with van der Waals surface area (Å²) >= 11 is 0. The Morgan fingerprint density at radius 1 is 1.36 bits per heavy atom. The third kappa shape index (κ3) is 6.10. The minimum Gasteiger partial charge on any atom is -0.388 e. The monoisotopic (exact) mass is 464 g/mol. The van der Waals surface area contributed by atoms with Crippen molar-refractivity contribution in [3.8, 4) is 0 Å². The summed E-state index contributed by atoms with van der Waals surface area (Å²) in [5.74, 6) is -0.0126. The molecule has 0 saturated carbocycles. The van der Waals surface area contributed by atoms with Gasteiger partial charge in [-0.3, -0.25) is 14.2 Å². The zero-order valence-corrected chi connectivity index (χ0v) is 19.5. The van der Waals surface area contributed by atoms with E-state index in [-0.39, 0.29) is 24.2 Å². The van der Waals surface area contributed by atoms with Crippen LogP contribution in [0, 0.1) is 0 Å². The number of nitrogen functional groups attached to an aromatic ring is 1. The molecule has 1 aromatic rings. The van der Waals surface area contributed by atoms with Crippen molar-refractivity contribution in [3.05, 3.63) is 22.7 Å². The molecule has 6 N–H and O–H groups in total. The van der Waals surface area contributed by atoms with E-state index in [1.54, 1.807) is 11.8 Å². The smallest absolute Gasteiger partial charge is 0.349 e. The molecular weight excluding hydrogens is 428 g/mol. The molecule has 2 saturated heterocycles. The lowest BCUT2D eigenvalue weighted by Gasteiger charge is -2.51. The number of nitrogens with two attached hydrogens (primary N) is 2. The minimum absolute atomic E-state index is 0.0648. The second kappa shape index (κ2) is 10.2. The lowest BCUT2D eigenvalue weighted by atomic mass is 9.75. The third-order valence-corrected chi connectivity index (χ3v) is 6.75. The second-order valence-electron chi connectivity index (χ2n) is 9.50. The predicted octanol–water partition coefficient (Wildman–Crippen LogP) is -0.467. The van der Waals surface area contributed by atoms with E-state index in [4.69, 9.17) is 16.2 Å². The Labute approximate surface area is 193 Å². The van der Waals surface area contributed by atoms with Gasteiger partial charge in [0, 0.05) is 39.2 Å². The molecule has 1 aromatic heterocycles. The largest absolute Gasteiger partial charge is 0.388 e. The zero-order chi connectivity index (χ0) is 24.2. The summed E-state index contributed by atoms with van der Waals surface area (Å²) in [4.78, 5) is 41.4. The summed E-state index contributed by atoms with van der Waals surface area (Å²) in [6, 6.07) is 0.380. The van der Waals surface area contributed by atoms with E-state index in [2.05, 4.69) is 10.3 Å². The number of likely N-dealkylation sites (tertiary alicyclic amines) is 1. The molecule has 2 aliphatic heterocycles. The van der Waals surface area contributed by atoms with E-state index in [1.807, 2.05) is 0 Å². The van der Waals surface area contributed by atoms with Gasteiger partial charge in [-0.25, -0.2) is 4.79 Å². The minimum atomic E-state index is -1.18. The van der Waals surface area contributed by atoms with Crippen LogP contribution in [0.1, 0.15) is 58.4 Å². The first-order valence-corrected chi connectivity index (χ1v) is 11.5. The molecule has 2 aliphatic rings. The number of piperidine rings is 1. The maximum Gasteiger partial charge on any atom is 0.349 e. The molecule has 0 bridgehead atoms. The summed E-state index contributed by atoms with van der Waals surface area (Å²) in [6.45, 7) is 4.94. The van der Waals surface area contributed by atoms with Gasteiger partial charge in [0.2, 0.25) is 11.8 Å². The number of hydrogen-bond acceptors (Lipinski definition) is 8. The van der Waals surface area contributed by atoms with Gasteiger partial charge in [-0.05, 0) is 45.1 Å². The van der Waals surface area contributed by atoms with Gasteiger partial charge in [0.05, 0.1) is 29.9 Å². The molecule has 0 aliphatic carbocycles. The highest BCUT2D eigenvalue weighted by Gasteiger charge is 2.50. The average molecular weight is 465 g/mol. The van der Waals surface area contributed by atoms with Gasteiger partial charge in [0.15, 0.2) is 0 Å². The number of carbonyl (C=O) groups is 2. The van der Waals surface area contributed by atoms with E-state index in [0.717, 1.165) is 12.8 Å². The molecule has 11 nitrogen and oxygen atoms in total. The number of hydrogen-bond donors (Lipinski definition) is 4. The molecule has 0 unspecified atom stereocenters. The number of unbranched alkanes of at least 4 members (excludes halogenated alkanes) is 1. The first kappa shape index (κ1) is 25.1. The molecule has 0 aromatic carbocycles. The highest BCUT2D eigenvalue weighted by molar-refractivity contribution is 5.81. The Balaban J connectivity index is 1.52. The lowest BCUT2D eigenvalue weighted by Crippen LogP contribution is -2.59. The van der Waals surface area contributed by atoms with Crippen LogP contribution in [0.3, 0.4) is 0 Å². The Hall–Kier alpha value is -2.50. The summed E-state index contributed by atoms with van der Waals surface area (Å²) in [5, 5.41) is 13.9. The van der Waals surface area contributed by atoms with Crippen LogP contribution in [0.15, 0.2) is 17.1 Å². The summed E-state index contributed by atoms with van der Waals surface area (Å²) in [5.41, 5.74) is 9.43. The normalized spacial score (nSPS) is 25.6. The molecule has 3 heterocycles. The van der Waals surface area contributed by atoms with Crippen LogP contribution in [0.2, 0.25) is 0 Å². The Morgan fingerprint density at radius 2 is 2.06 bits per heavy atom. The van der Waals surface area contributed by atoms with Gasteiger partial charge in [0.25, 0.3) is 0 Å². The van der Waals surface area contributed by atoms with Crippen LogP contribution < -0.4 is 22.5 Å². The number of nitrogens with zero attached hydrogens (tertiary/aromatic N) is 3. The molecule has 2 fully saturated rings. The van der Waals surface area contributed by atoms with Crippen LogP contribution in [-0.2, 0) is 14.3 Å². The maximum atomic E-state index is 12.8. The highest BCUT2D eigenvalue weighted by Crippen LogP contribution is 2.43. The molecule has 3 atom stereocenters. The van der Waals surface area contributed by atoms with Crippen LogP contribution in [0.25, 0.3) is 0 Å². The summed E-state index contributed by atoms with van der Waals surface area (Å²) < 4.78 is 7.58. The van der Waals surface area contributed by atoms with Crippen LogP contribution in [0.4, 0.5) is 5.82 Å². The molecule has 0 radical (unpaired) electrons. The first-order chi connectivity index (χ1) is 15.5. The van der Waals surface area contributed by atoms with E-state index in [9.17, 15) is 19.5 Å². The number of carbonyl (C=O) groups excluding carboxylic acids is 2. The fraction of sp³-hybridized carbons (Fsp3) is 0.727. The fourth-order valence-corrected chi connectivity index (χ4v) is 4.87. The van der Waals surface area contributed by atoms with Gasteiger partial charge in [-0.2, -0.15) is 4.98 Å². The number of aliphatic hydroxyl groups is 1. The van der Waals surface area contributed by atoms with E-state index in [0.29, 0.717) is 45.3 Å². The molecular formula is C22H36N6O5. The number of anilines is 1. The third-order valence-electron chi connectivity index (χ3n) is 6.75. The van der Waals surface area contributed by atoms with Crippen LogP contribution in [-0.4, -0.2) is 74.9 Å². The van der Waals surface area contributed by atoms with E-state index in [1.165, 1.54) is 23.8 Å². The van der Waals surface area contributed by atoms with Crippen molar-refractivity contribution in [1.29, 1.82) is 0 Å². The average Bonchev–Trinajstić information content (AvgIpc) is 2.73. The van der Waals surface area contributed by atoms with Gasteiger partial charge in [-0.15, -0.1) is 0 Å². The quantitative estimate of drug-likeness (QED) is 0.393. The van der Waals surface area contributed by atoms with Gasteiger partial charge >= 0.3 is 5.69 Å². The van der Waals surface area contributed by atoms with Crippen molar-refractivity contribution in [2.45, 2.75) is 75.7 Å². The topological polar surface area (TPSA) is 166 Å². The number of amides is 2. The van der Waals surface area contributed by atoms with Gasteiger partial charge in [0.1, 0.15) is 5.82 Å². The second-order valence-corrected chi connectivity index (χ2v) is 9.50. The van der Waals surface area contributed by atoms with Gasteiger partial charge in [-0.1, -0.05) is 0 Å². The predicted molar refractivity (Wildman–Crippen MR) is 122 cm³/mol. The van der Waals surface area contributed by atoms with Crippen molar-refractivity contribution in [2.75, 3.05) is 32.0 Å². The van der Waals surface area contributed by atoms with Crippen molar-refractivity contribution in [2.24, 2.45) is 5.73 Å². The highest BCUT2D eigenvalue weighted by atomic mass is 16.5. The summed E-state index contributed by atoms with van der Waals surface area (Å²) in [6.07, 6.45) is 5.16. The standard InChI is InChI=1S/C22H36N6O5/c1-15(29)25-9-4-3-5-16(23)19(30)27-11-7-22(8-12-27)14-21(2,32)17(13-33-22)28-10-6-18(24)26-20(28)31/h6,10,16-17,32H,3-5,7-9,11-14,23H2,1-2H3,(H,25,29)(H2,24,26,31)/t16-,17+,21+/m0/s1. The van der Waals surface area contributed by atoms with Gasteiger partial charge < -0.3 is 31.5 Å². The Morgan fingerprint density at radius 3 is 2.67 bits per heavy atom. The van der Waals surface area contributed by atoms with Crippen LogP contribution >= 0.6 is 0 Å². The van der Waals surface area contributed by atoms with Crippen LogP contribution in [0.5, 0.6) is 0 Å². The van der Waals surface area contributed by atoms with Crippen molar-refractivity contribution in [3.63, 3.8) is 0 Å². The molecule has 33 heavy (non-hydrogen) atoms. The Bertz CT molecular complexity index is 909. The van der Waals surface area contributed by atoms with Crippen molar-refractivity contribution in [1.82, 2.24) is 19.8 Å². The Kier molecular flexibility index (Phi) is 7.76. The molecule has 3 rings (SSSR count).